The Bertz CT molecular complexity index is 610. The van der Waals surface area contributed by atoms with Crippen LogP contribution in [-0.4, -0.2) is 29.7 Å². The Balaban J connectivity index is 1.70. The van der Waals surface area contributed by atoms with E-state index in [-0.39, 0.29) is 22.7 Å². The van der Waals surface area contributed by atoms with Gasteiger partial charge in [-0.15, -0.1) is 0 Å². The second kappa shape index (κ2) is 5.66. The predicted molar refractivity (Wildman–Crippen MR) is 98.1 cm³/mol. The highest BCUT2D eigenvalue weighted by molar-refractivity contribution is 5.86. The molecule has 3 fully saturated rings. The van der Waals surface area contributed by atoms with E-state index in [0.29, 0.717) is 17.8 Å². The summed E-state index contributed by atoms with van der Waals surface area (Å²) in [6.45, 7) is 6.51. The first-order valence-corrected chi connectivity index (χ1v) is 10.2. The second-order valence-electron chi connectivity index (χ2n) is 9.74. The van der Waals surface area contributed by atoms with Crippen LogP contribution in [0.15, 0.2) is 11.6 Å². The Labute approximate surface area is 152 Å². The topological polar surface area (TPSA) is 46.5 Å². The molecule has 0 aromatic heterocycles. The summed E-state index contributed by atoms with van der Waals surface area (Å²) < 4.78 is 5.96. The van der Waals surface area contributed by atoms with Crippen molar-refractivity contribution < 1.29 is 14.6 Å². The van der Waals surface area contributed by atoms with E-state index in [1.807, 2.05) is 0 Å². The zero-order chi connectivity index (χ0) is 18.0. The lowest BCUT2D eigenvalue weighted by atomic mass is 9.46. The Morgan fingerprint density at radius 2 is 1.88 bits per heavy atom. The van der Waals surface area contributed by atoms with Crippen LogP contribution in [0, 0.1) is 28.6 Å². The molecular formula is C22H34O3. The zero-order valence-electron chi connectivity index (χ0n) is 16.3. The molecule has 0 radical (unpaired) electrons. The summed E-state index contributed by atoms with van der Waals surface area (Å²) in [5, 5.41) is 10.1. The number of aliphatic hydroxyl groups excluding tert-OH is 1. The van der Waals surface area contributed by atoms with Gasteiger partial charge in [0.2, 0.25) is 0 Å². The minimum Gasteiger partial charge on any atom is -0.393 e. The van der Waals surface area contributed by atoms with Gasteiger partial charge in [0.25, 0.3) is 0 Å². The molecule has 4 aliphatic carbocycles. The molecule has 0 aromatic carbocycles. The van der Waals surface area contributed by atoms with Gasteiger partial charge in [0.1, 0.15) is 5.60 Å². The predicted octanol–water partition coefficient (Wildman–Crippen LogP) is 4.28. The third-order valence-electron chi connectivity index (χ3n) is 9.11. The van der Waals surface area contributed by atoms with E-state index >= 15 is 0 Å². The number of hydrogen-bond acceptors (Lipinski definition) is 3. The smallest absolute Gasteiger partial charge is 0.162 e. The van der Waals surface area contributed by atoms with E-state index in [4.69, 9.17) is 4.74 Å². The monoisotopic (exact) mass is 346 g/mol. The second-order valence-corrected chi connectivity index (χ2v) is 9.74. The number of hydrogen-bond donors (Lipinski definition) is 1. The van der Waals surface area contributed by atoms with Crippen LogP contribution in [0.25, 0.3) is 0 Å². The average Bonchev–Trinajstić information content (AvgIpc) is 2.89. The molecule has 3 unspecified atom stereocenters. The highest BCUT2D eigenvalue weighted by Gasteiger charge is 2.66. The maximum Gasteiger partial charge on any atom is 0.162 e. The summed E-state index contributed by atoms with van der Waals surface area (Å²) in [5.74, 6) is 2.17. The van der Waals surface area contributed by atoms with Gasteiger partial charge in [0, 0.05) is 12.5 Å². The average molecular weight is 347 g/mol. The first-order chi connectivity index (χ1) is 11.8. The van der Waals surface area contributed by atoms with Crippen LogP contribution >= 0.6 is 0 Å². The van der Waals surface area contributed by atoms with E-state index in [9.17, 15) is 9.90 Å². The molecule has 0 heterocycles. The summed E-state index contributed by atoms with van der Waals surface area (Å²) in [4.78, 5) is 12.6. The maximum absolute atomic E-state index is 12.6. The highest BCUT2D eigenvalue weighted by atomic mass is 16.5. The quantitative estimate of drug-likeness (QED) is 0.759. The SMILES string of the molecule is CO[C@]1(C(C)=O)CCC2C3CC=C4C[C@@H](O)CC[C@]4(C)C3CC[C@@]21C. The van der Waals surface area contributed by atoms with Crippen LogP contribution in [0.2, 0.25) is 0 Å². The van der Waals surface area contributed by atoms with Gasteiger partial charge in [-0.05, 0) is 81.5 Å². The van der Waals surface area contributed by atoms with Crippen molar-refractivity contribution in [2.45, 2.75) is 83.8 Å². The van der Waals surface area contributed by atoms with Gasteiger partial charge >= 0.3 is 0 Å². The fraction of sp³-hybridized carbons (Fsp3) is 0.864. The number of carbonyl (C=O) groups excluding carboxylic acids is 1. The van der Waals surface area contributed by atoms with E-state index in [0.717, 1.165) is 44.9 Å². The summed E-state index contributed by atoms with van der Waals surface area (Å²) in [5.41, 5.74) is 1.18. The Kier molecular flexibility index (Phi) is 4.01. The molecule has 3 nitrogen and oxygen atoms in total. The molecule has 4 aliphatic rings. The molecule has 7 atom stereocenters. The lowest BCUT2D eigenvalue weighted by Crippen LogP contribution is -2.57. The molecule has 0 amide bonds. The van der Waals surface area contributed by atoms with E-state index < -0.39 is 5.60 Å². The summed E-state index contributed by atoms with van der Waals surface area (Å²) in [6, 6.07) is 0. The fourth-order valence-electron chi connectivity index (χ4n) is 7.70. The van der Waals surface area contributed by atoms with E-state index in [2.05, 4.69) is 19.9 Å². The van der Waals surface area contributed by atoms with Crippen LogP contribution in [0.3, 0.4) is 0 Å². The molecule has 3 heteroatoms. The van der Waals surface area contributed by atoms with Gasteiger partial charge < -0.3 is 9.84 Å². The van der Waals surface area contributed by atoms with Crippen LogP contribution in [0.1, 0.15) is 72.1 Å². The van der Waals surface area contributed by atoms with Gasteiger partial charge in [0.15, 0.2) is 5.78 Å². The zero-order valence-corrected chi connectivity index (χ0v) is 16.3. The van der Waals surface area contributed by atoms with Crippen molar-refractivity contribution in [3.05, 3.63) is 11.6 Å². The number of rotatable bonds is 2. The first-order valence-electron chi connectivity index (χ1n) is 10.2. The molecule has 0 bridgehead atoms. The molecule has 0 spiro atoms. The van der Waals surface area contributed by atoms with Gasteiger partial charge in [-0.1, -0.05) is 25.5 Å². The number of Topliss-reactive ketones (excluding diaryl/α,β-unsaturated/α-hetero) is 1. The Morgan fingerprint density at radius 1 is 1.16 bits per heavy atom. The normalized spacial score (nSPS) is 52.0. The van der Waals surface area contributed by atoms with Gasteiger partial charge in [-0.25, -0.2) is 0 Å². The standard InChI is InChI=1S/C22H34O3/c1-14(23)22(25-4)12-9-19-17-6-5-15-13-16(24)7-10-20(15,2)18(17)8-11-21(19,22)3/h5,16-19,24H,6-13H2,1-4H3/t16-,17?,18?,19?,20-,21-,22-/m0/s1. The van der Waals surface area contributed by atoms with Crippen molar-refractivity contribution in [3.63, 3.8) is 0 Å². The van der Waals surface area contributed by atoms with Crippen molar-refractivity contribution in [1.82, 2.24) is 0 Å². The summed E-state index contributed by atoms with van der Waals surface area (Å²) in [7, 11) is 1.74. The molecule has 1 N–H and O–H groups in total. The summed E-state index contributed by atoms with van der Waals surface area (Å²) in [6.07, 6.45) is 10.7. The molecule has 25 heavy (non-hydrogen) atoms. The largest absolute Gasteiger partial charge is 0.393 e. The molecule has 3 saturated carbocycles. The van der Waals surface area contributed by atoms with Gasteiger partial charge in [-0.3, -0.25) is 4.79 Å². The fourth-order valence-corrected chi connectivity index (χ4v) is 7.70. The number of aliphatic hydroxyl groups is 1. The minimum atomic E-state index is -0.573. The van der Waals surface area contributed by atoms with Crippen LogP contribution in [0.4, 0.5) is 0 Å². The number of carbonyl (C=O) groups is 1. The lowest BCUT2D eigenvalue weighted by molar-refractivity contribution is -0.167. The lowest BCUT2D eigenvalue weighted by Gasteiger charge is -2.59. The van der Waals surface area contributed by atoms with Crippen molar-refractivity contribution >= 4 is 5.78 Å². The van der Waals surface area contributed by atoms with Crippen molar-refractivity contribution in [1.29, 1.82) is 0 Å². The number of ether oxygens (including phenoxy) is 1. The van der Waals surface area contributed by atoms with Gasteiger partial charge in [0.05, 0.1) is 6.10 Å². The molecule has 0 aliphatic heterocycles. The molecule has 0 saturated heterocycles. The highest BCUT2D eigenvalue weighted by Crippen LogP contribution is 2.67. The molecule has 140 valence electrons. The van der Waals surface area contributed by atoms with Crippen molar-refractivity contribution in [2.75, 3.05) is 7.11 Å². The van der Waals surface area contributed by atoms with Crippen LogP contribution < -0.4 is 0 Å². The number of fused-ring (bicyclic) bond motifs is 5. The van der Waals surface area contributed by atoms with Crippen molar-refractivity contribution in [2.24, 2.45) is 28.6 Å². The number of allylic oxidation sites excluding steroid dienone is 1. The third-order valence-corrected chi connectivity index (χ3v) is 9.11. The molecular weight excluding hydrogens is 312 g/mol. The van der Waals surface area contributed by atoms with Gasteiger partial charge in [-0.2, -0.15) is 0 Å². The van der Waals surface area contributed by atoms with Crippen molar-refractivity contribution in [3.8, 4) is 0 Å². The maximum atomic E-state index is 12.6. The van der Waals surface area contributed by atoms with Crippen LogP contribution in [0.5, 0.6) is 0 Å². The first kappa shape index (κ1) is 17.7. The molecule has 0 aromatic rings. The summed E-state index contributed by atoms with van der Waals surface area (Å²) >= 11 is 0. The number of methoxy groups -OCH3 is 1. The Morgan fingerprint density at radius 3 is 2.56 bits per heavy atom. The van der Waals surface area contributed by atoms with E-state index in [1.165, 1.54) is 12.0 Å². The molecule has 4 rings (SSSR count). The minimum absolute atomic E-state index is 0.0232. The third kappa shape index (κ3) is 2.15. The van der Waals surface area contributed by atoms with Crippen LogP contribution in [-0.2, 0) is 9.53 Å². The number of ketones is 1. The Hall–Kier alpha value is -0.670. The van der Waals surface area contributed by atoms with E-state index in [1.54, 1.807) is 14.0 Å².